The standard InChI is InChI=1S/C10H20O4/c1-5-8(11)7-14-9(12)10(3,6-2)13-4/h8,11H,5-7H2,1-4H3. The van der Waals surface area contributed by atoms with E-state index >= 15 is 0 Å². The van der Waals surface area contributed by atoms with E-state index in [-0.39, 0.29) is 6.61 Å². The third-order valence-corrected chi connectivity index (χ3v) is 2.44. The lowest BCUT2D eigenvalue weighted by atomic mass is 10.0. The van der Waals surface area contributed by atoms with Crippen molar-refractivity contribution in [2.24, 2.45) is 0 Å². The molecule has 0 heterocycles. The van der Waals surface area contributed by atoms with Crippen molar-refractivity contribution in [3.05, 3.63) is 0 Å². The first-order valence-corrected chi connectivity index (χ1v) is 4.90. The van der Waals surface area contributed by atoms with Crippen LogP contribution in [0.4, 0.5) is 0 Å². The largest absolute Gasteiger partial charge is 0.461 e. The molecule has 4 nitrogen and oxygen atoms in total. The first-order chi connectivity index (χ1) is 6.50. The number of rotatable bonds is 6. The summed E-state index contributed by atoms with van der Waals surface area (Å²) in [6, 6.07) is 0. The summed E-state index contributed by atoms with van der Waals surface area (Å²) in [6.45, 7) is 5.39. The van der Waals surface area contributed by atoms with Crippen molar-refractivity contribution in [1.82, 2.24) is 0 Å². The molecular weight excluding hydrogens is 184 g/mol. The lowest BCUT2D eigenvalue weighted by Crippen LogP contribution is -2.39. The second-order valence-corrected chi connectivity index (χ2v) is 3.45. The van der Waals surface area contributed by atoms with E-state index < -0.39 is 17.7 Å². The third kappa shape index (κ3) is 3.64. The molecule has 1 N–H and O–H groups in total. The lowest BCUT2D eigenvalue weighted by molar-refractivity contribution is -0.170. The van der Waals surface area contributed by atoms with E-state index in [9.17, 15) is 9.90 Å². The number of methoxy groups -OCH3 is 1. The number of carbonyl (C=O) groups is 1. The van der Waals surface area contributed by atoms with E-state index in [1.165, 1.54) is 7.11 Å². The Morgan fingerprint density at radius 2 is 2.07 bits per heavy atom. The molecule has 0 aliphatic carbocycles. The quantitative estimate of drug-likeness (QED) is 0.659. The number of ether oxygens (including phenoxy) is 2. The summed E-state index contributed by atoms with van der Waals surface area (Å²) >= 11 is 0. The van der Waals surface area contributed by atoms with E-state index in [1.807, 2.05) is 13.8 Å². The number of carbonyl (C=O) groups excluding carboxylic acids is 1. The highest BCUT2D eigenvalue weighted by atomic mass is 16.6. The Bertz CT molecular complexity index is 175. The molecule has 2 unspecified atom stereocenters. The molecule has 4 heteroatoms. The van der Waals surface area contributed by atoms with Crippen molar-refractivity contribution < 1.29 is 19.4 Å². The Morgan fingerprint density at radius 1 is 1.50 bits per heavy atom. The van der Waals surface area contributed by atoms with Crippen molar-refractivity contribution in [2.45, 2.75) is 45.3 Å². The molecule has 0 amide bonds. The Labute approximate surface area is 85.2 Å². The number of hydrogen-bond donors (Lipinski definition) is 1. The Morgan fingerprint density at radius 3 is 2.43 bits per heavy atom. The van der Waals surface area contributed by atoms with E-state index in [2.05, 4.69) is 0 Å². The highest BCUT2D eigenvalue weighted by molar-refractivity contribution is 5.79. The molecule has 0 aromatic rings. The molecular formula is C10H20O4. The van der Waals surface area contributed by atoms with Crippen LogP contribution in [0.2, 0.25) is 0 Å². The third-order valence-electron chi connectivity index (χ3n) is 2.44. The average molecular weight is 204 g/mol. The van der Waals surface area contributed by atoms with E-state index in [1.54, 1.807) is 6.92 Å². The fourth-order valence-electron chi connectivity index (χ4n) is 0.814. The van der Waals surface area contributed by atoms with Crippen LogP contribution in [0, 0.1) is 0 Å². The fraction of sp³-hybridized carbons (Fsp3) is 0.900. The van der Waals surface area contributed by atoms with E-state index in [4.69, 9.17) is 9.47 Å². The monoisotopic (exact) mass is 204 g/mol. The molecule has 0 bridgehead atoms. The molecule has 0 saturated carbocycles. The van der Waals surface area contributed by atoms with E-state index in [0.717, 1.165) is 0 Å². The molecule has 0 radical (unpaired) electrons. The SMILES string of the molecule is CCC(O)COC(=O)C(C)(CC)OC. The van der Waals surface area contributed by atoms with Gasteiger partial charge in [0.15, 0.2) is 5.60 Å². The fourth-order valence-corrected chi connectivity index (χ4v) is 0.814. The molecule has 0 aromatic carbocycles. The van der Waals surface area contributed by atoms with Gasteiger partial charge in [0, 0.05) is 7.11 Å². The van der Waals surface area contributed by atoms with Gasteiger partial charge in [-0.05, 0) is 19.8 Å². The van der Waals surface area contributed by atoms with Crippen LogP contribution in [-0.2, 0) is 14.3 Å². The summed E-state index contributed by atoms with van der Waals surface area (Å²) in [5.74, 6) is -0.421. The Hall–Kier alpha value is -0.610. The lowest BCUT2D eigenvalue weighted by Gasteiger charge is -2.24. The number of aliphatic hydroxyl groups excluding tert-OH is 1. The maximum absolute atomic E-state index is 11.5. The molecule has 84 valence electrons. The molecule has 0 rings (SSSR count). The van der Waals surface area contributed by atoms with Crippen molar-refractivity contribution in [3.8, 4) is 0 Å². The van der Waals surface area contributed by atoms with Gasteiger partial charge in [0.05, 0.1) is 6.10 Å². The summed E-state index contributed by atoms with van der Waals surface area (Å²) in [7, 11) is 1.47. The van der Waals surface area contributed by atoms with Crippen LogP contribution in [-0.4, -0.2) is 36.5 Å². The maximum Gasteiger partial charge on any atom is 0.338 e. The average Bonchev–Trinajstić information content (AvgIpc) is 2.23. The zero-order valence-electron chi connectivity index (χ0n) is 9.37. The second-order valence-electron chi connectivity index (χ2n) is 3.45. The van der Waals surface area contributed by atoms with E-state index in [0.29, 0.717) is 12.8 Å². The summed E-state index contributed by atoms with van der Waals surface area (Å²) < 4.78 is 9.99. The number of aliphatic hydroxyl groups is 1. The van der Waals surface area contributed by atoms with Crippen LogP contribution in [0.1, 0.15) is 33.6 Å². The predicted octanol–water partition coefficient (Wildman–Crippen LogP) is 1.12. The van der Waals surface area contributed by atoms with Crippen LogP contribution < -0.4 is 0 Å². The second kappa shape index (κ2) is 5.98. The minimum atomic E-state index is -0.895. The normalized spacial score (nSPS) is 17.2. The number of esters is 1. The molecule has 0 fully saturated rings. The molecule has 0 spiro atoms. The van der Waals surface area contributed by atoms with Crippen molar-refractivity contribution in [2.75, 3.05) is 13.7 Å². The molecule has 0 saturated heterocycles. The van der Waals surface area contributed by atoms with Crippen molar-refractivity contribution >= 4 is 5.97 Å². The first kappa shape index (κ1) is 13.4. The van der Waals surface area contributed by atoms with Gasteiger partial charge in [-0.1, -0.05) is 13.8 Å². The van der Waals surface area contributed by atoms with Gasteiger partial charge in [-0.15, -0.1) is 0 Å². The zero-order chi connectivity index (χ0) is 11.2. The minimum Gasteiger partial charge on any atom is -0.461 e. The maximum atomic E-state index is 11.5. The van der Waals surface area contributed by atoms with Gasteiger partial charge in [0.2, 0.25) is 0 Å². The summed E-state index contributed by atoms with van der Waals surface area (Å²) in [6.07, 6.45) is 0.533. The number of hydrogen-bond acceptors (Lipinski definition) is 4. The minimum absolute atomic E-state index is 0.0360. The van der Waals surface area contributed by atoms with Gasteiger partial charge in [0.1, 0.15) is 6.61 Å². The highest BCUT2D eigenvalue weighted by Crippen LogP contribution is 2.16. The molecule has 0 aliphatic heterocycles. The Balaban J connectivity index is 4.06. The topological polar surface area (TPSA) is 55.8 Å². The van der Waals surface area contributed by atoms with Crippen molar-refractivity contribution in [3.63, 3.8) is 0 Å². The highest BCUT2D eigenvalue weighted by Gasteiger charge is 2.32. The van der Waals surface area contributed by atoms with Crippen LogP contribution in [0.5, 0.6) is 0 Å². The van der Waals surface area contributed by atoms with Crippen LogP contribution in [0.25, 0.3) is 0 Å². The smallest absolute Gasteiger partial charge is 0.338 e. The summed E-state index contributed by atoms with van der Waals surface area (Å²) in [5, 5.41) is 9.20. The molecule has 0 aromatic heterocycles. The molecule has 0 aliphatic rings. The molecule has 2 atom stereocenters. The van der Waals surface area contributed by atoms with Gasteiger partial charge in [-0.2, -0.15) is 0 Å². The van der Waals surface area contributed by atoms with Gasteiger partial charge in [-0.3, -0.25) is 0 Å². The summed E-state index contributed by atoms with van der Waals surface area (Å²) in [4.78, 5) is 11.5. The Kier molecular flexibility index (Phi) is 5.72. The van der Waals surface area contributed by atoms with Gasteiger partial charge < -0.3 is 14.6 Å². The van der Waals surface area contributed by atoms with Crippen LogP contribution >= 0.6 is 0 Å². The summed E-state index contributed by atoms with van der Waals surface area (Å²) in [5.41, 5.74) is -0.895. The van der Waals surface area contributed by atoms with Gasteiger partial charge >= 0.3 is 5.97 Å². The predicted molar refractivity (Wildman–Crippen MR) is 53.0 cm³/mol. The van der Waals surface area contributed by atoms with Crippen molar-refractivity contribution in [1.29, 1.82) is 0 Å². The van der Waals surface area contributed by atoms with Gasteiger partial charge in [-0.25, -0.2) is 4.79 Å². The van der Waals surface area contributed by atoms with Crippen LogP contribution in [0.3, 0.4) is 0 Å². The first-order valence-electron chi connectivity index (χ1n) is 4.90. The molecule has 14 heavy (non-hydrogen) atoms. The van der Waals surface area contributed by atoms with Crippen LogP contribution in [0.15, 0.2) is 0 Å². The zero-order valence-corrected chi connectivity index (χ0v) is 9.37. The van der Waals surface area contributed by atoms with Gasteiger partial charge in [0.25, 0.3) is 0 Å².